The molecule has 0 aromatic carbocycles. The van der Waals surface area contributed by atoms with E-state index in [1.807, 2.05) is 17.5 Å². The van der Waals surface area contributed by atoms with Crippen LogP contribution in [0.15, 0.2) is 17.5 Å². The molecule has 0 radical (unpaired) electrons. The summed E-state index contributed by atoms with van der Waals surface area (Å²) in [5.41, 5.74) is 2.32. The Balaban J connectivity index is 2.56. The van der Waals surface area contributed by atoms with Gasteiger partial charge in [0, 0.05) is 4.88 Å². The van der Waals surface area contributed by atoms with Gasteiger partial charge in [0.2, 0.25) is 0 Å². The van der Waals surface area contributed by atoms with E-state index in [0.29, 0.717) is 0 Å². The molecule has 0 amide bonds. The van der Waals surface area contributed by atoms with Gasteiger partial charge in [-0.05, 0) is 17.9 Å². The maximum absolute atomic E-state index is 8.79. The van der Waals surface area contributed by atoms with Crippen molar-refractivity contribution in [3.8, 4) is 0 Å². The molecule has 0 aliphatic rings. The lowest BCUT2D eigenvalue weighted by atomic mass is 10.1. The number of hydroxylamine groups is 1. The van der Waals surface area contributed by atoms with Gasteiger partial charge in [-0.1, -0.05) is 19.4 Å². The summed E-state index contributed by atoms with van der Waals surface area (Å²) < 4.78 is 0. The predicted molar refractivity (Wildman–Crippen MR) is 46.9 cm³/mol. The van der Waals surface area contributed by atoms with Gasteiger partial charge in [0.1, 0.15) is 0 Å². The fourth-order valence-electron chi connectivity index (χ4n) is 1.05. The lowest BCUT2D eigenvalue weighted by molar-refractivity contribution is 0.123. The summed E-state index contributed by atoms with van der Waals surface area (Å²) in [4.78, 5) is 1.20. The summed E-state index contributed by atoms with van der Waals surface area (Å²) in [5, 5.41) is 10.8. The van der Waals surface area contributed by atoms with Crippen molar-refractivity contribution in [3.05, 3.63) is 22.4 Å². The molecule has 1 rings (SSSR count). The summed E-state index contributed by atoms with van der Waals surface area (Å²) in [6.45, 7) is 2.11. The van der Waals surface area contributed by atoms with Crippen LogP contribution in [0.4, 0.5) is 0 Å². The molecule has 62 valence electrons. The van der Waals surface area contributed by atoms with E-state index in [9.17, 15) is 0 Å². The minimum Gasteiger partial charge on any atom is -0.316 e. The topological polar surface area (TPSA) is 32.3 Å². The van der Waals surface area contributed by atoms with E-state index in [-0.39, 0.29) is 6.04 Å². The third-order valence-electron chi connectivity index (χ3n) is 1.62. The largest absolute Gasteiger partial charge is 0.316 e. The summed E-state index contributed by atoms with van der Waals surface area (Å²) in [7, 11) is 0. The quantitative estimate of drug-likeness (QED) is 0.682. The second-order valence-electron chi connectivity index (χ2n) is 2.49. The van der Waals surface area contributed by atoms with Gasteiger partial charge in [-0.2, -0.15) is 5.48 Å². The Morgan fingerprint density at radius 1 is 1.73 bits per heavy atom. The van der Waals surface area contributed by atoms with Crippen LogP contribution in [0.5, 0.6) is 0 Å². The van der Waals surface area contributed by atoms with Gasteiger partial charge in [0.05, 0.1) is 6.04 Å². The second kappa shape index (κ2) is 4.49. The molecule has 0 bridgehead atoms. The second-order valence-corrected chi connectivity index (χ2v) is 3.47. The van der Waals surface area contributed by atoms with E-state index >= 15 is 0 Å². The van der Waals surface area contributed by atoms with Crippen molar-refractivity contribution in [2.75, 3.05) is 0 Å². The van der Waals surface area contributed by atoms with Crippen molar-refractivity contribution in [2.45, 2.75) is 25.8 Å². The molecule has 0 saturated heterocycles. The number of thiophene rings is 1. The number of hydrogen-bond donors (Lipinski definition) is 2. The molecule has 11 heavy (non-hydrogen) atoms. The first-order chi connectivity index (χ1) is 5.38. The minimum atomic E-state index is 0.125. The molecule has 1 atom stereocenters. The Morgan fingerprint density at radius 2 is 2.55 bits per heavy atom. The smallest absolute Gasteiger partial charge is 0.0661 e. The van der Waals surface area contributed by atoms with Crippen LogP contribution in [0.25, 0.3) is 0 Å². The van der Waals surface area contributed by atoms with E-state index in [0.717, 1.165) is 12.8 Å². The van der Waals surface area contributed by atoms with Gasteiger partial charge in [-0.15, -0.1) is 11.3 Å². The van der Waals surface area contributed by atoms with Gasteiger partial charge in [-0.3, -0.25) is 0 Å². The van der Waals surface area contributed by atoms with Crippen LogP contribution in [0.3, 0.4) is 0 Å². The van der Waals surface area contributed by atoms with Crippen LogP contribution in [-0.4, -0.2) is 5.21 Å². The first-order valence-corrected chi connectivity index (χ1v) is 4.69. The molecule has 0 saturated carbocycles. The molecule has 2 nitrogen and oxygen atoms in total. The van der Waals surface area contributed by atoms with E-state index in [1.54, 1.807) is 11.3 Å². The van der Waals surface area contributed by atoms with Gasteiger partial charge < -0.3 is 5.21 Å². The highest BCUT2D eigenvalue weighted by Crippen LogP contribution is 2.22. The van der Waals surface area contributed by atoms with Crippen molar-refractivity contribution >= 4 is 11.3 Å². The molecule has 1 aromatic heterocycles. The zero-order valence-corrected chi connectivity index (χ0v) is 7.40. The van der Waals surface area contributed by atoms with Crippen molar-refractivity contribution in [1.29, 1.82) is 0 Å². The highest BCUT2D eigenvalue weighted by atomic mass is 32.1. The van der Waals surface area contributed by atoms with Gasteiger partial charge in [0.15, 0.2) is 0 Å². The average Bonchev–Trinajstić information content (AvgIpc) is 2.52. The van der Waals surface area contributed by atoms with Gasteiger partial charge >= 0.3 is 0 Å². The van der Waals surface area contributed by atoms with Crippen LogP contribution in [-0.2, 0) is 0 Å². The molecule has 1 aromatic rings. The number of rotatable bonds is 4. The fraction of sp³-hybridized carbons (Fsp3) is 0.500. The third-order valence-corrected chi connectivity index (χ3v) is 2.61. The van der Waals surface area contributed by atoms with E-state index in [1.165, 1.54) is 4.88 Å². The standard InChI is InChI=1S/C8H13NOS/c1-2-4-7(9-10)8-5-3-6-11-8/h3,5-7,9-10H,2,4H2,1H3/t7-/m1/s1. The van der Waals surface area contributed by atoms with E-state index in [2.05, 4.69) is 12.4 Å². The highest BCUT2D eigenvalue weighted by molar-refractivity contribution is 7.10. The lowest BCUT2D eigenvalue weighted by Crippen LogP contribution is -2.15. The Labute approximate surface area is 70.8 Å². The Bertz CT molecular complexity index is 186. The maximum Gasteiger partial charge on any atom is 0.0661 e. The zero-order valence-electron chi connectivity index (χ0n) is 6.58. The van der Waals surface area contributed by atoms with Gasteiger partial charge in [-0.25, -0.2) is 0 Å². The Hall–Kier alpha value is -0.380. The third kappa shape index (κ3) is 2.29. The Morgan fingerprint density at radius 3 is 3.00 bits per heavy atom. The average molecular weight is 171 g/mol. The van der Waals surface area contributed by atoms with E-state index in [4.69, 9.17) is 5.21 Å². The SMILES string of the molecule is CCC[C@@H](NO)c1cccs1. The maximum atomic E-state index is 8.79. The summed E-state index contributed by atoms with van der Waals surface area (Å²) in [5.74, 6) is 0. The van der Waals surface area contributed by atoms with Crippen LogP contribution in [0.2, 0.25) is 0 Å². The Kier molecular flexibility index (Phi) is 3.56. The number of hydrogen-bond acceptors (Lipinski definition) is 3. The molecule has 0 fully saturated rings. The highest BCUT2D eigenvalue weighted by Gasteiger charge is 2.08. The zero-order chi connectivity index (χ0) is 8.10. The lowest BCUT2D eigenvalue weighted by Gasteiger charge is -2.10. The summed E-state index contributed by atoms with van der Waals surface area (Å²) in [6.07, 6.45) is 2.06. The monoisotopic (exact) mass is 171 g/mol. The summed E-state index contributed by atoms with van der Waals surface area (Å²) >= 11 is 1.67. The van der Waals surface area contributed by atoms with Crippen LogP contribution < -0.4 is 5.48 Å². The molecule has 1 heterocycles. The van der Waals surface area contributed by atoms with Gasteiger partial charge in [0.25, 0.3) is 0 Å². The molecule has 2 N–H and O–H groups in total. The summed E-state index contributed by atoms with van der Waals surface area (Å²) in [6, 6.07) is 4.16. The molecule has 0 aliphatic carbocycles. The molecule has 0 unspecified atom stereocenters. The first-order valence-electron chi connectivity index (χ1n) is 3.81. The molecule has 3 heteroatoms. The van der Waals surface area contributed by atoms with Crippen molar-refractivity contribution in [2.24, 2.45) is 0 Å². The molecular formula is C8H13NOS. The predicted octanol–water partition coefficient (Wildman–Crippen LogP) is 2.57. The van der Waals surface area contributed by atoms with Crippen LogP contribution >= 0.6 is 11.3 Å². The van der Waals surface area contributed by atoms with Crippen LogP contribution in [0, 0.1) is 0 Å². The van der Waals surface area contributed by atoms with Crippen LogP contribution in [0.1, 0.15) is 30.7 Å². The normalized spacial score (nSPS) is 13.3. The van der Waals surface area contributed by atoms with Crippen molar-refractivity contribution in [1.82, 2.24) is 5.48 Å². The molecule has 0 spiro atoms. The number of nitrogens with one attached hydrogen (secondary N) is 1. The fourth-order valence-corrected chi connectivity index (χ4v) is 1.85. The first kappa shape index (κ1) is 8.71. The van der Waals surface area contributed by atoms with E-state index < -0.39 is 0 Å². The van der Waals surface area contributed by atoms with Crippen molar-refractivity contribution < 1.29 is 5.21 Å². The van der Waals surface area contributed by atoms with Crippen molar-refractivity contribution in [3.63, 3.8) is 0 Å². The molecular weight excluding hydrogens is 158 g/mol. The minimum absolute atomic E-state index is 0.125. The molecule has 0 aliphatic heterocycles.